The van der Waals surface area contributed by atoms with E-state index in [2.05, 4.69) is 34.8 Å². The molecule has 1 aliphatic heterocycles. The highest BCUT2D eigenvalue weighted by atomic mass is 32.1. The zero-order valence-electron chi connectivity index (χ0n) is 8.44. The lowest BCUT2D eigenvalue weighted by Crippen LogP contribution is -2.37. The smallest absolute Gasteiger partial charge is 0.185 e. The van der Waals surface area contributed by atoms with Gasteiger partial charge in [0.1, 0.15) is 0 Å². The molecule has 0 aromatic carbocycles. The maximum Gasteiger partial charge on any atom is 0.185 e. The van der Waals surface area contributed by atoms with Gasteiger partial charge in [-0.25, -0.2) is 4.98 Å². The molecule has 2 heterocycles. The minimum absolute atomic E-state index is 0.655. The summed E-state index contributed by atoms with van der Waals surface area (Å²) in [6.45, 7) is 3.46. The highest BCUT2D eigenvalue weighted by Crippen LogP contribution is 2.27. The van der Waals surface area contributed by atoms with Gasteiger partial charge in [-0.05, 0) is 26.2 Å². The van der Waals surface area contributed by atoms with Crippen LogP contribution in [0.3, 0.4) is 0 Å². The van der Waals surface area contributed by atoms with Crippen molar-refractivity contribution < 1.29 is 0 Å². The number of nitrogens with zero attached hydrogens (tertiary/aromatic N) is 2. The van der Waals surface area contributed by atoms with E-state index < -0.39 is 0 Å². The molecular weight excluding hydrogens is 212 g/mol. The van der Waals surface area contributed by atoms with Crippen LogP contribution >= 0.6 is 24.0 Å². The van der Waals surface area contributed by atoms with E-state index >= 15 is 0 Å². The van der Waals surface area contributed by atoms with Crippen molar-refractivity contribution in [3.8, 4) is 0 Å². The van der Waals surface area contributed by atoms with Gasteiger partial charge in [0, 0.05) is 23.7 Å². The molecule has 0 N–H and O–H groups in total. The average Bonchev–Trinajstić information content (AvgIpc) is 2.67. The number of piperidine rings is 1. The van der Waals surface area contributed by atoms with Crippen LogP contribution in [0.25, 0.3) is 0 Å². The van der Waals surface area contributed by atoms with Crippen LogP contribution < -0.4 is 4.90 Å². The molecule has 1 fully saturated rings. The molecule has 1 unspecified atom stereocenters. The van der Waals surface area contributed by atoms with Crippen LogP contribution in [0.5, 0.6) is 0 Å². The summed E-state index contributed by atoms with van der Waals surface area (Å²) in [5.74, 6) is 0.749. The summed E-state index contributed by atoms with van der Waals surface area (Å²) in [4.78, 5) is 7.00. The first kappa shape index (κ1) is 10.3. The van der Waals surface area contributed by atoms with Crippen molar-refractivity contribution in [1.82, 2.24) is 4.98 Å². The van der Waals surface area contributed by atoms with Gasteiger partial charge in [-0.3, -0.25) is 0 Å². The molecule has 0 spiro atoms. The van der Waals surface area contributed by atoms with Crippen molar-refractivity contribution in [2.45, 2.75) is 38.0 Å². The Morgan fingerprint density at radius 2 is 2.50 bits per heavy atom. The third kappa shape index (κ3) is 2.06. The highest BCUT2D eigenvalue weighted by Gasteiger charge is 2.20. The minimum atomic E-state index is 0.655. The molecule has 1 aromatic heterocycles. The van der Waals surface area contributed by atoms with Gasteiger partial charge in [-0.2, -0.15) is 12.6 Å². The maximum atomic E-state index is 4.57. The molecule has 1 aliphatic rings. The van der Waals surface area contributed by atoms with Gasteiger partial charge in [-0.1, -0.05) is 0 Å². The number of thiazole rings is 1. The summed E-state index contributed by atoms with van der Waals surface area (Å²) in [7, 11) is 0. The van der Waals surface area contributed by atoms with Gasteiger partial charge >= 0.3 is 0 Å². The second kappa shape index (κ2) is 4.53. The Balaban J connectivity index is 2.12. The average molecular weight is 228 g/mol. The molecule has 0 radical (unpaired) electrons. The second-order valence-electron chi connectivity index (χ2n) is 3.82. The van der Waals surface area contributed by atoms with Crippen LogP contribution in [0.2, 0.25) is 0 Å². The number of hydrogen-bond acceptors (Lipinski definition) is 4. The van der Waals surface area contributed by atoms with Gasteiger partial charge in [0.25, 0.3) is 0 Å². The Labute approximate surface area is 94.8 Å². The Morgan fingerprint density at radius 3 is 3.14 bits per heavy atom. The minimum Gasteiger partial charge on any atom is -0.345 e. The van der Waals surface area contributed by atoms with Gasteiger partial charge in [0.05, 0.1) is 5.69 Å². The topological polar surface area (TPSA) is 16.1 Å². The van der Waals surface area contributed by atoms with Crippen LogP contribution in [0.4, 0.5) is 5.13 Å². The van der Waals surface area contributed by atoms with Crippen LogP contribution in [0.15, 0.2) is 5.38 Å². The molecule has 2 rings (SSSR count). The van der Waals surface area contributed by atoms with E-state index in [9.17, 15) is 0 Å². The SMILES string of the molecule is CC1CCCCN1c1nc(CS)cs1. The lowest BCUT2D eigenvalue weighted by atomic mass is 10.1. The van der Waals surface area contributed by atoms with Gasteiger partial charge in [0.15, 0.2) is 5.13 Å². The molecule has 1 atom stereocenters. The van der Waals surface area contributed by atoms with Crippen LogP contribution in [-0.4, -0.2) is 17.6 Å². The van der Waals surface area contributed by atoms with E-state index in [0.717, 1.165) is 11.4 Å². The maximum absolute atomic E-state index is 4.57. The number of anilines is 1. The molecule has 1 aromatic rings. The van der Waals surface area contributed by atoms with E-state index in [1.54, 1.807) is 11.3 Å². The standard InChI is InChI=1S/C10H16N2S2/c1-8-4-2-3-5-12(8)10-11-9(6-13)7-14-10/h7-8,13H,2-6H2,1H3. The van der Waals surface area contributed by atoms with Crippen molar-refractivity contribution in [1.29, 1.82) is 0 Å². The van der Waals surface area contributed by atoms with Gasteiger partial charge in [0.2, 0.25) is 0 Å². The van der Waals surface area contributed by atoms with Crippen LogP contribution in [0.1, 0.15) is 31.9 Å². The van der Waals surface area contributed by atoms with Crippen molar-refractivity contribution in [2.24, 2.45) is 0 Å². The zero-order chi connectivity index (χ0) is 9.97. The molecule has 0 aliphatic carbocycles. The van der Waals surface area contributed by atoms with E-state index in [-0.39, 0.29) is 0 Å². The van der Waals surface area contributed by atoms with Gasteiger partial charge < -0.3 is 4.90 Å². The predicted molar refractivity (Wildman–Crippen MR) is 65.5 cm³/mol. The fraction of sp³-hybridized carbons (Fsp3) is 0.700. The monoisotopic (exact) mass is 228 g/mol. The summed E-state index contributed by atoms with van der Waals surface area (Å²) < 4.78 is 0. The Morgan fingerprint density at radius 1 is 1.64 bits per heavy atom. The molecular formula is C10H16N2S2. The molecule has 0 saturated carbocycles. The molecule has 2 nitrogen and oxygen atoms in total. The number of rotatable bonds is 2. The number of thiol groups is 1. The lowest BCUT2D eigenvalue weighted by molar-refractivity contribution is 0.484. The van der Waals surface area contributed by atoms with E-state index in [0.29, 0.717) is 6.04 Å². The molecule has 78 valence electrons. The van der Waals surface area contributed by atoms with Crippen molar-refractivity contribution >= 4 is 29.1 Å². The molecule has 0 amide bonds. The second-order valence-corrected chi connectivity index (χ2v) is 4.97. The lowest BCUT2D eigenvalue weighted by Gasteiger charge is -2.33. The summed E-state index contributed by atoms with van der Waals surface area (Å²) in [5.41, 5.74) is 1.10. The first-order valence-corrected chi connectivity index (χ1v) is 6.64. The van der Waals surface area contributed by atoms with E-state index in [4.69, 9.17) is 0 Å². The van der Waals surface area contributed by atoms with Crippen molar-refractivity contribution in [3.05, 3.63) is 11.1 Å². The predicted octanol–water partition coefficient (Wildman–Crippen LogP) is 2.95. The molecule has 14 heavy (non-hydrogen) atoms. The summed E-state index contributed by atoms with van der Waals surface area (Å²) >= 11 is 5.99. The summed E-state index contributed by atoms with van der Waals surface area (Å²) in [6, 6.07) is 0.655. The highest BCUT2D eigenvalue weighted by molar-refractivity contribution is 7.79. The van der Waals surface area contributed by atoms with E-state index in [1.165, 1.54) is 30.9 Å². The van der Waals surface area contributed by atoms with Crippen LogP contribution in [-0.2, 0) is 5.75 Å². The quantitative estimate of drug-likeness (QED) is 0.783. The third-order valence-corrected chi connectivity index (χ3v) is 4.00. The fourth-order valence-corrected chi connectivity index (χ4v) is 3.12. The van der Waals surface area contributed by atoms with Crippen LogP contribution in [0, 0.1) is 0 Å². The fourth-order valence-electron chi connectivity index (χ4n) is 1.88. The van der Waals surface area contributed by atoms with E-state index in [1.807, 2.05) is 0 Å². The van der Waals surface area contributed by atoms with Crippen molar-refractivity contribution in [3.63, 3.8) is 0 Å². The van der Waals surface area contributed by atoms with Crippen molar-refractivity contribution in [2.75, 3.05) is 11.4 Å². The third-order valence-electron chi connectivity index (χ3n) is 2.75. The Kier molecular flexibility index (Phi) is 3.34. The largest absolute Gasteiger partial charge is 0.345 e. The molecule has 0 bridgehead atoms. The molecule has 1 saturated heterocycles. The first-order chi connectivity index (χ1) is 6.81. The summed E-state index contributed by atoms with van der Waals surface area (Å²) in [6.07, 6.45) is 3.97. The zero-order valence-corrected chi connectivity index (χ0v) is 10.2. The number of hydrogen-bond donors (Lipinski definition) is 1. The normalized spacial score (nSPS) is 22.7. The number of aromatic nitrogens is 1. The Bertz CT molecular complexity index is 298. The van der Waals surface area contributed by atoms with Gasteiger partial charge in [-0.15, -0.1) is 11.3 Å². The molecule has 4 heteroatoms. The Hall–Kier alpha value is -0.220. The first-order valence-electron chi connectivity index (χ1n) is 5.13. The summed E-state index contributed by atoms with van der Waals surface area (Å²) in [5, 5.41) is 3.30.